The number of nitrogens with zero attached hydrogens (tertiary/aromatic N) is 5. The number of benzene rings is 23. The zero-order chi connectivity index (χ0) is 87.9. The lowest BCUT2D eigenvalue weighted by atomic mass is 9.82. The quantitative estimate of drug-likeness (QED) is 0.0753. The largest absolute Gasteiger partial charge is 0.310 e. The van der Waals surface area contributed by atoms with Gasteiger partial charge in [-0.2, -0.15) is 0 Å². The molecular weight excluding hydrogens is 1600 g/mol. The molecule has 1 aromatic heterocycles. The van der Waals surface area contributed by atoms with Gasteiger partial charge in [-0.05, 0) is 243 Å². The summed E-state index contributed by atoms with van der Waals surface area (Å²) in [7, 11) is 0. The molecule has 0 amide bonds. The van der Waals surface area contributed by atoms with E-state index >= 15 is 0 Å². The average Bonchev–Trinajstić information content (AvgIpc) is 0.848. The highest BCUT2D eigenvalue weighted by Crippen LogP contribution is 2.59. The van der Waals surface area contributed by atoms with Crippen LogP contribution >= 0.6 is 0 Å². The first kappa shape index (κ1) is 77.6. The maximum Gasteiger partial charge on any atom is 0.0722 e. The van der Waals surface area contributed by atoms with Crippen LogP contribution in [-0.4, -0.2) is 4.98 Å². The van der Waals surface area contributed by atoms with Gasteiger partial charge in [0.25, 0.3) is 0 Å². The molecule has 26 rings (SSSR count). The van der Waals surface area contributed by atoms with E-state index in [1.165, 1.54) is 164 Å². The first-order valence-corrected chi connectivity index (χ1v) is 45.9. The summed E-state index contributed by atoms with van der Waals surface area (Å²) in [6.45, 7) is 9.51. The van der Waals surface area contributed by atoms with Crippen molar-refractivity contribution in [3.63, 3.8) is 0 Å². The van der Waals surface area contributed by atoms with Crippen molar-refractivity contribution in [2.75, 3.05) is 19.6 Å². The molecule has 23 aromatic carbocycles. The third kappa shape index (κ3) is 12.5. The molecule has 24 aromatic rings. The highest BCUT2D eigenvalue weighted by atomic mass is 15.2. The van der Waals surface area contributed by atoms with E-state index in [2.05, 4.69) is 502 Å². The van der Waals surface area contributed by atoms with Crippen LogP contribution in [0, 0.1) is 0 Å². The van der Waals surface area contributed by atoms with Crippen LogP contribution in [-0.2, 0) is 10.8 Å². The van der Waals surface area contributed by atoms with Gasteiger partial charge in [0.05, 0.1) is 34.0 Å². The second kappa shape index (κ2) is 31.1. The Morgan fingerprint density at radius 2 is 0.523 bits per heavy atom. The topological polar surface area (TPSA) is 25.9 Å². The predicted molar refractivity (Wildman–Crippen MR) is 561 cm³/mol. The first-order valence-electron chi connectivity index (χ1n) is 45.9. The Kier molecular flexibility index (Phi) is 18.3. The summed E-state index contributed by atoms with van der Waals surface area (Å²) < 4.78 is 0. The fourth-order valence-electron chi connectivity index (χ4n) is 22.2. The molecule has 0 atom stereocenters. The van der Waals surface area contributed by atoms with Crippen molar-refractivity contribution in [1.29, 1.82) is 0 Å². The summed E-state index contributed by atoms with van der Waals surface area (Å²) >= 11 is 0. The van der Waals surface area contributed by atoms with Gasteiger partial charge in [0.1, 0.15) is 0 Å². The molecule has 0 saturated heterocycles. The van der Waals surface area contributed by atoms with Crippen molar-refractivity contribution < 1.29 is 0 Å². The highest BCUT2D eigenvalue weighted by Gasteiger charge is 2.39. The molecule has 5 nitrogen and oxygen atoms in total. The zero-order valence-electron chi connectivity index (χ0n) is 73.7. The van der Waals surface area contributed by atoms with Gasteiger partial charge in [-0.3, -0.25) is 4.98 Å². The second-order valence-electron chi connectivity index (χ2n) is 36.4. The van der Waals surface area contributed by atoms with Crippen LogP contribution < -0.4 is 19.6 Å². The van der Waals surface area contributed by atoms with Crippen LogP contribution in [0.5, 0.6) is 0 Å². The molecular formula is C127H89N5. The molecule has 0 spiro atoms. The predicted octanol–water partition coefficient (Wildman–Crippen LogP) is 35.5. The van der Waals surface area contributed by atoms with E-state index < -0.39 is 0 Å². The van der Waals surface area contributed by atoms with E-state index in [0.29, 0.717) is 0 Å². The SMILES string of the molecule is CC1(C)c2ccccc2-c2ccc(N(c3cc(-c4ccccc4)cc(-c4ccccc4)c3)c3ccc4ccc5c(N(c6ccccc6)c6ccccc6)ccc6c7ccccc7c3c4c56)cc21.CC1(C)c2ccccc2-c2ccc(N(c3ccccc3-c3ccccc3)c3ccc4ccc5c(N(c6ccccc6)c6ccc7cccnc7c6)ccc6c7ccccc7c3c4c56)cc21. The van der Waals surface area contributed by atoms with Crippen LogP contribution in [0.1, 0.15) is 49.9 Å². The number of para-hydroxylation sites is 4. The number of rotatable bonds is 15. The van der Waals surface area contributed by atoms with Crippen molar-refractivity contribution in [3.05, 3.63) is 489 Å². The van der Waals surface area contributed by atoms with E-state index in [-0.39, 0.29) is 10.8 Å². The minimum Gasteiger partial charge on any atom is -0.310 e. The Balaban J connectivity index is 0.000000142. The van der Waals surface area contributed by atoms with Crippen molar-refractivity contribution in [1.82, 2.24) is 4.98 Å². The molecule has 0 fully saturated rings. The molecule has 2 aliphatic carbocycles. The number of hydrogen-bond acceptors (Lipinski definition) is 5. The number of anilines is 12. The Morgan fingerprint density at radius 1 is 0.174 bits per heavy atom. The van der Waals surface area contributed by atoms with Crippen molar-refractivity contribution in [3.8, 4) is 55.6 Å². The molecule has 622 valence electrons. The van der Waals surface area contributed by atoms with Gasteiger partial charge in [0.15, 0.2) is 0 Å². The fourth-order valence-corrected chi connectivity index (χ4v) is 22.2. The Hall–Kier alpha value is -16.7. The lowest BCUT2D eigenvalue weighted by molar-refractivity contribution is 0.660. The number of hydrogen-bond donors (Lipinski definition) is 0. The van der Waals surface area contributed by atoms with Gasteiger partial charge in [-0.1, -0.05) is 361 Å². The number of aromatic nitrogens is 1. The lowest BCUT2D eigenvalue weighted by Gasteiger charge is -2.32. The van der Waals surface area contributed by atoms with E-state index in [4.69, 9.17) is 4.98 Å². The smallest absolute Gasteiger partial charge is 0.0722 e. The lowest BCUT2D eigenvalue weighted by Crippen LogP contribution is -2.17. The summed E-state index contributed by atoms with van der Waals surface area (Å²) in [4.78, 5) is 14.7. The fraction of sp³-hybridized carbons (Fsp3) is 0.0472. The van der Waals surface area contributed by atoms with Gasteiger partial charge in [0.2, 0.25) is 0 Å². The Bertz CT molecular complexity index is 8550. The normalized spacial score (nSPS) is 12.8. The van der Waals surface area contributed by atoms with Gasteiger partial charge >= 0.3 is 0 Å². The summed E-state index contributed by atoms with van der Waals surface area (Å²) in [5.41, 5.74) is 31.8. The Morgan fingerprint density at radius 3 is 1.02 bits per heavy atom. The van der Waals surface area contributed by atoms with Gasteiger partial charge < -0.3 is 19.6 Å². The molecule has 0 unspecified atom stereocenters. The van der Waals surface area contributed by atoms with Crippen molar-refractivity contribution in [2.24, 2.45) is 0 Å². The van der Waals surface area contributed by atoms with Gasteiger partial charge in [-0.25, -0.2) is 0 Å². The molecule has 0 bridgehead atoms. The minimum absolute atomic E-state index is 0.163. The molecule has 132 heavy (non-hydrogen) atoms. The number of fused-ring (bicyclic) bond motifs is 13. The highest BCUT2D eigenvalue weighted by molar-refractivity contribution is 6.39. The first-order chi connectivity index (χ1) is 65.0. The second-order valence-corrected chi connectivity index (χ2v) is 36.4. The molecule has 0 radical (unpaired) electrons. The van der Waals surface area contributed by atoms with Gasteiger partial charge in [-0.15, -0.1) is 0 Å². The van der Waals surface area contributed by atoms with E-state index in [9.17, 15) is 0 Å². The standard InChI is InChI=1S/C65H46N2.C62H43N3/c1-65(2)58-30-18-17-28-53(58)54-35-33-50(42-59(54)65)67(51-40-46(43-19-7-3-8-20-43)39-47(41-51)44-21-9-4-10-22-44)61-37-32-45-31-34-57-60(66(48-23-11-5-12-24-48)49-25-13-6-14-26-49)38-36-56-52-27-15-16-29-55(52)64(61)62(45)63(56)57;1-62(2)53-25-13-11-23-48(53)49-33-31-44(38-54(49)62)65(56-26-14-12-21-46(56)40-16-5-3-6-17-40)58-35-29-42-28-32-52-57(36-34-51-47-22-9-10-24-50(47)61(58)59(42)60(51)52)64(43-19-7-4-8-20-43)45-30-27-41-18-15-37-63-55(41)39-45/h3-42H,1-2H3;3-39H,1-2H3. The van der Waals surface area contributed by atoms with Crippen molar-refractivity contribution in [2.45, 2.75) is 38.5 Å². The molecule has 2 aliphatic rings. The van der Waals surface area contributed by atoms with E-state index in [0.717, 1.165) is 79.2 Å². The third-order valence-electron chi connectivity index (χ3n) is 28.3. The van der Waals surface area contributed by atoms with Crippen LogP contribution in [0.25, 0.3) is 153 Å². The summed E-state index contributed by atoms with van der Waals surface area (Å²) in [6, 6.07) is 170. The van der Waals surface area contributed by atoms with Gasteiger partial charge in [0, 0.05) is 111 Å². The van der Waals surface area contributed by atoms with Crippen LogP contribution in [0.4, 0.5) is 68.2 Å². The minimum atomic E-state index is -0.177. The molecule has 0 saturated carbocycles. The molecule has 0 aliphatic heterocycles. The van der Waals surface area contributed by atoms with Crippen LogP contribution in [0.3, 0.4) is 0 Å². The van der Waals surface area contributed by atoms with Crippen LogP contribution in [0.2, 0.25) is 0 Å². The number of pyridine rings is 1. The third-order valence-corrected chi connectivity index (χ3v) is 28.3. The summed E-state index contributed by atoms with van der Waals surface area (Å²) in [5.74, 6) is 0. The molecule has 1 heterocycles. The van der Waals surface area contributed by atoms with Crippen LogP contribution in [0.15, 0.2) is 467 Å². The summed E-state index contributed by atoms with van der Waals surface area (Å²) in [5, 5.41) is 21.0. The average molecular weight is 1690 g/mol. The van der Waals surface area contributed by atoms with Crippen molar-refractivity contribution >= 4 is 165 Å². The monoisotopic (exact) mass is 1680 g/mol. The van der Waals surface area contributed by atoms with E-state index in [1.807, 2.05) is 12.3 Å². The Labute approximate surface area is 768 Å². The summed E-state index contributed by atoms with van der Waals surface area (Å²) in [6.07, 6.45) is 1.88. The van der Waals surface area contributed by atoms with E-state index in [1.54, 1.807) is 0 Å². The molecule has 5 heteroatoms. The zero-order valence-corrected chi connectivity index (χ0v) is 73.7. The molecule has 0 N–H and O–H groups in total. The maximum absolute atomic E-state index is 4.78. The maximum atomic E-state index is 4.78.